The molecule has 0 heterocycles. The van der Waals surface area contributed by atoms with Crippen molar-refractivity contribution >= 4 is 11.6 Å². The summed E-state index contributed by atoms with van der Waals surface area (Å²) in [7, 11) is 2.03. The van der Waals surface area contributed by atoms with Crippen LogP contribution < -0.4 is 11.5 Å². The van der Waals surface area contributed by atoms with Crippen LogP contribution in [-0.4, -0.2) is 23.9 Å². The molecule has 1 aromatic carbocycles. The van der Waals surface area contributed by atoms with Gasteiger partial charge in [-0.15, -0.1) is 0 Å². The van der Waals surface area contributed by atoms with Gasteiger partial charge in [0.05, 0.1) is 0 Å². The van der Waals surface area contributed by atoms with E-state index in [-0.39, 0.29) is 0 Å². The molecule has 0 fully saturated rings. The summed E-state index contributed by atoms with van der Waals surface area (Å²) in [5.41, 5.74) is 13.1. The van der Waals surface area contributed by atoms with Gasteiger partial charge in [0, 0.05) is 23.8 Å². The highest BCUT2D eigenvalue weighted by Crippen LogP contribution is 2.16. The second-order valence-electron chi connectivity index (χ2n) is 4.29. The molecule has 0 aromatic heterocycles. The summed E-state index contributed by atoms with van der Waals surface area (Å²) in [4.78, 5) is 13.1. The predicted octanol–water partition coefficient (Wildman–Crippen LogP) is 1.21. The topological polar surface area (TPSA) is 72.3 Å². The minimum atomic E-state index is -0.449. The standard InChI is InChI=1S/C12H19N3O/c1-8(2)15(3)7-10-5-4-9(12(14)16)6-11(10)13/h4-6,8H,7,13H2,1-3H3,(H2,14,16). The number of carbonyl (C=O) groups excluding carboxylic acids is 1. The summed E-state index contributed by atoms with van der Waals surface area (Å²) in [6.07, 6.45) is 0. The molecular formula is C12H19N3O. The first-order valence-corrected chi connectivity index (χ1v) is 5.30. The van der Waals surface area contributed by atoms with Crippen LogP contribution in [0.1, 0.15) is 29.8 Å². The monoisotopic (exact) mass is 221 g/mol. The second kappa shape index (κ2) is 4.99. The van der Waals surface area contributed by atoms with Crippen LogP contribution in [0.25, 0.3) is 0 Å². The Morgan fingerprint density at radius 3 is 2.50 bits per heavy atom. The number of benzene rings is 1. The molecule has 0 aliphatic rings. The Labute approximate surface area is 96.2 Å². The van der Waals surface area contributed by atoms with Crippen LogP contribution in [0.15, 0.2) is 18.2 Å². The van der Waals surface area contributed by atoms with Gasteiger partial charge in [-0.25, -0.2) is 0 Å². The van der Waals surface area contributed by atoms with Gasteiger partial charge in [-0.1, -0.05) is 6.07 Å². The fourth-order valence-corrected chi connectivity index (χ4v) is 1.34. The van der Waals surface area contributed by atoms with E-state index in [1.165, 1.54) is 0 Å². The van der Waals surface area contributed by atoms with E-state index >= 15 is 0 Å². The number of amides is 1. The quantitative estimate of drug-likeness (QED) is 0.750. The van der Waals surface area contributed by atoms with E-state index in [1.807, 2.05) is 13.1 Å². The number of rotatable bonds is 4. The number of nitrogens with two attached hydrogens (primary N) is 2. The molecule has 0 aliphatic carbocycles. The molecule has 0 unspecified atom stereocenters. The Morgan fingerprint density at radius 1 is 1.44 bits per heavy atom. The molecular weight excluding hydrogens is 202 g/mol. The SMILES string of the molecule is CC(C)N(C)Cc1ccc(C(N)=O)cc1N. The first-order chi connectivity index (χ1) is 7.41. The van der Waals surface area contributed by atoms with E-state index in [9.17, 15) is 4.79 Å². The van der Waals surface area contributed by atoms with Crippen LogP contribution in [0.4, 0.5) is 5.69 Å². The number of hydrogen-bond acceptors (Lipinski definition) is 3. The lowest BCUT2D eigenvalue weighted by Crippen LogP contribution is -2.26. The summed E-state index contributed by atoms with van der Waals surface area (Å²) >= 11 is 0. The number of nitrogen functional groups attached to an aromatic ring is 1. The van der Waals surface area contributed by atoms with Crippen molar-refractivity contribution in [2.45, 2.75) is 26.4 Å². The van der Waals surface area contributed by atoms with E-state index < -0.39 is 5.91 Å². The molecule has 1 rings (SSSR count). The molecule has 16 heavy (non-hydrogen) atoms. The van der Waals surface area contributed by atoms with Gasteiger partial charge in [-0.05, 0) is 38.6 Å². The highest BCUT2D eigenvalue weighted by Gasteiger charge is 2.08. The molecule has 88 valence electrons. The van der Waals surface area contributed by atoms with Gasteiger partial charge in [0.2, 0.25) is 5.91 Å². The fourth-order valence-electron chi connectivity index (χ4n) is 1.34. The van der Waals surface area contributed by atoms with Gasteiger partial charge in [0.25, 0.3) is 0 Å². The van der Waals surface area contributed by atoms with E-state index in [1.54, 1.807) is 12.1 Å². The highest BCUT2D eigenvalue weighted by molar-refractivity contribution is 5.93. The molecule has 0 saturated heterocycles. The molecule has 1 aromatic rings. The van der Waals surface area contributed by atoms with Crippen LogP contribution in [0.2, 0.25) is 0 Å². The number of nitrogens with zero attached hydrogens (tertiary/aromatic N) is 1. The molecule has 0 spiro atoms. The normalized spacial score (nSPS) is 11.1. The summed E-state index contributed by atoms with van der Waals surface area (Å²) < 4.78 is 0. The van der Waals surface area contributed by atoms with E-state index in [0.717, 1.165) is 12.1 Å². The number of primary amides is 1. The van der Waals surface area contributed by atoms with Crippen LogP contribution in [0, 0.1) is 0 Å². The molecule has 0 radical (unpaired) electrons. The Hall–Kier alpha value is -1.55. The lowest BCUT2D eigenvalue weighted by molar-refractivity contribution is 0.100. The number of anilines is 1. The van der Waals surface area contributed by atoms with Crippen molar-refractivity contribution in [1.82, 2.24) is 4.90 Å². The molecule has 0 bridgehead atoms. The average molecular weight is 221 g/mol. The van der Waals surface area contributed by atoms with Crippen molar-refractivity contribution in [1.29, 1.82) is 0 Å². The van der Waals surface area contributed by atoms with Gasteiger partial charge in [0.15, 0.2) is 0 Å². The summed E-state index contributed by atoms with van der Waals surface area (Å²) in [6.45, 7) is 5.00. The minimum absolute atomic E-state index is 0.449. The summed E-state index contributed by atoms with van der Waals surface area (Å²) in [5.74, 6) is -0.449. The number of hydrogen-bond donors (Lipinski definition) is 2. The Balaban J connectivity index is 2.87. The van der Waals surface area contributed by atoms with Gasteiger partial charge in [-0.3, -0.25) is 9.69 Å². The largest absolute Gasteiger partial charge is 0.398 e. The average Bonchev–Trinajstić information content (AvgIpc) is 2.20. The van der Waals surface area contributed by atoms with Gasteiger partial charge in [-0.2, -0.15) is 0 Å². The van der Waals surface area contributed by atoms with Gasteiger partial charge in [0.1, 0.15) is 0 Å². The zero-order chi connectivity index (χ0) is 12.3. The van der Waals surface area contributed by atoms with Crippen LogP contribution >= 0.6 is 0 Å². The van der Waals surface area contributed by atoms with Gasteiger partial charge >= 0.3 is 0 Å². The van der Waals surface area contributed by atoms with Crippen molar-refractivity contribution in [3.63, 3.8) is 0 Å². The van der Waals surface area contributed by atoms with Crippen molar-refractivity contribution in [3.8, 4) is 0 Å². The zero-order valence-corrected chi connectivity index (χ0v) is 10.0. The van der Waals surface area contributed by atoms with Crippen LogP contribution in [0.3, 0.4) is 0 Å². The molecule has 4 nitrogen and oxygen atoms in total. The van der Waals surface area contributed by atoms with Crippen molar-refractivity contribution in [3.05, 3.63) is 29.3 Å². The third-order valence-corrected chi connectivity index (χ3v) is 2.73. The lowest BCUT2D eigenvalue weighted by atomic mass is 10.1. The Bertz CT molecular complexity index is 388. The Kier molecular flexibility index (Phi) is 3.90. The van der Waals surface area contributed by atoms with E-state index in [4.69, 9.17) is 11.5 Å². The maximum Gasteiger partial charge on any atom is 0.248 e. The third-order valence-electron chi connectivity index (χ3n) is 2.73. The first kappa shape index (κ1) is 12.5. The van der Waals surface area contributed by atoms with Gasteiger partial charge < -0.3 is 11.5 Å². The molecule has 4 N–H and O–H groups in total. The predicted molar refractivity (Wildman–Crippen MR) is 66.0 cm³/mol. The summed E-state index contributed by atoms with van der Waals surface area (Å²) in [5, 5.41) is 0. The summed E-state index contributed by atoms with van der Waals surface area (Å²) in [6, 6.07) is 5.65. The van der Waals surface area contributed by atoms with Crippen molar-refractivity contribution < 1.29 is 4.79 Å². The third kappa shape index (κ3) is 2.97. The van der Waals surface area contributed by atoms with E-state index in [2.05, 4.69) is 18.7 Å². The first-order valence-electron chi connectivity index (χ1n) is 5.30. The molecule has 4 heteroatoms. The Morgan fingerprint density at radius 2 is 2.06 bits per heavy atom. The molecule has 1 amide bonds. The van der Waals surface area contributed by atoms with Crippen molar-refractivity contribution in [2.24, 2.45) is 5.73 Å². The van der Waals surface area contributed by atoms with E-state index in [0.29, 0.717) is 17.3 Å². The molecule has 0 aliphatic heterocycles. The lowest BCUT2D eigenvalue weighted by Gasteiger charge is -2.21. The smallest absolute Gasteiger partial charge is 0.248 e. The van der Waals surface area contributed by atoms with Crippen molar-refractivity contribution in [2.75, 3.05) is 12.8 Å². The fraction of sp³-hybridized carbons (Fsp3) is 0.417. The molecule has 0 atom stereocenters. The molecule has 0 saturated carbocycles. The van der Waals surface area contributed by atoms with Crippen LogP contribution in [0.5, 0.6) is 0 Å². The minimum Gasteiger partial charge on any atom is -0.398 e. The zero-order valence-electron chi connectivity index (χ0n) is 10.0. The maximum absolute atomic E-state index is 11.0. The highest BCUT2D eigenvalue weighted by atomic mass is 16.1. The second-order valence-corrected chi connectivity index (χ2v) is 4.29. The van der Waals surface area contributed by atoms with Crippen LogP contribution in [-0.2, 0) is 6.54 Å². The maximum atomic E-state index is 11.0. The number of carbonyl (C=O) groups is 1.